The molecule has 0 radical (unpaired) electrons. The van der Waals surface area contributed by atoms with E-state index in [0.717, 1.165) is 44.6 Å². The lowest BCUT2D eigenvalue weighted by Gasteiger charge is -2.16. The summed E-state index contributed by atoms with van der Waals surface area (Å²) in [6.45, 7) is 3.45. The van der Waals surface area contributed by atoms with Gasteiger partial charge < -0.3 is 4.90 Å². The van der Waals surface area contributed by atoms with Gasteiger partial charge in [0.2, 0.25) is 6.41 Å². The fourth-order valence-corrected chi connectivity index (χ4v) is 2.28. The standard InChI is InChI=1S/C16H17F3N2O/c17-16(18,19)15-6-1-4-14(12-15)5-2-7-20-8-3-9-21(13-22)11-10-20/h1,4,6,12-13H,3,7-11H2. The molecule has 0 N–H and O–H groups in total. The van der Waals surface area contributed by atoms with Crippen molar-refractivity contribution in [3.8, 4) is 11.8 Å². The van der Waals surface area contributed by atoms with Crippen molar-refractivity contribution in [1.82, 2.24) is 9.80 Å². The van der Waals surface area contributed by atoms with Crippen LogP contribution in [0, 0.1) is 11.8 Å². The Morgan fingerprint density at radius 1 is 1.18 bits per heavy atom. The molecule has 1 aliphatic heterocycles. The average molecular weight is 310 g/mol. The van der Waals surface area contributed by atoms with E-state index in [1.165, 1.54) is 6.07 Å². The minimum absolute atomic E-state index is 0.360. The highest BCUT2D eigenvalue weighted by Crippen LogP contribution is 2.29. The molecule has 0 spiro atoms. The first-order valence-corrected chi connectivity index (χ1v) is 7.07. The second kappa shape index (κ2) is 7.32. The van der Waals surface area contributed by atoms with Crippen LogP contribution in [0.25, 0.3) is 0 Å². The Morgan fingerprint density at radius 3 is 2.73 bits per heavy atom. The molecule has 0 aromatic heterocycles. The van der Waals surface area contributed by atoms with Crippen molar-refractivity contribution in [3.63, 3.8) is 0 Å². The lowest BCUT2D eigenvalue weighted by Crippen LogP contribution is -2.30. The van der Waals surface area contributed by atoms with Gasteiger partial charge in [-0.15, -0.1) is 0 Å². The summed E-state index contributed by atoms with van der Waals surface area (Å²) in [6, 6.07) is 5.02. The highest BCUT2D eigenvalue weighted by molar-refractivity contribution is 5.47. The van der Waals surface area contributed by atoms with Gasteiger partial charge in [-0.1, -0.05) is 17.9 Å². The summed E-state index contributed by atoms with van der Waals surface area (Å²) in [5, 5.41) is 0. The summed E-state index contributed by atoms with van der Waals surface area (Å²) in [6.07, 6.45) is -2.62. The van der Waals surface area contributed by atoms with E-state index in [4.69, 9.17) is 0 Å². The van der Waals surface area contributed by atoms with Crippen LogP contribution in [0.3, 0.4) is 0 Å². The van der Waals surface area contributed by atoms with E-state index in [1.54, 1.807) is 11.0 Å². The molecule has 1 saturated heterocycles. The summed E-state index contributed by atoms with van der Waals surface area (Å²) in [4.78, 5) is 14.5. The van der Waals surface area contributed by atoms with E-state index in [9.17, 15) is 18.0 Å². The second-order valence-electron chi connectivity index (χ2n) is 5.15. The largest absolute Gasteiger partial charge is 0.416 e. The zero-order valence-electron chi connectivity index (χ0n) is 12.1. The zero-order valence-corrected chi connectivity index (χ0v) is 12.1. The molecule has 22 heavy (non-hydrogen) atoms. The number of rotatable bonds is 2. The third-order valence-corrected chi connectivity index (χ3v) is 3.50. The molecule has 6 heteroatoms. The van der Waals surface area contributed by atoms with Gasteiger partial charge in [0.1, 0.15) is 0 Å². The van der Waals surface area contributed by atoms with Crippen LogP contribution in [-0.2, 0) is 11.0 Å². The fraction of sp³-hybridized carbons (Fsp3) is 0.438. The van der Waals surface area contributed by atoms with Crippen molar-refractivity contribution in [2.45, 2.75) is 12.6 Å². The number of carbonyl (C=O) groups excluding carboxylic acids is 1. The molecule has 1 fully saturated rings. The average Bonchev–Trinajstić information content (AvgIpc) is 2.72. The molecule has 0 aliphatic carbocycles. The fourth-order valence-electron chi connectivity index (χ4n) is 2.28. The monoisotopic (exact) mass is 310 g/mol. The number of carbonyl (C=O) groups is 1. The summed E-state index contributed by atoms with van der Waals surface area (Å²) >= 11 is 0. The van der Waals surface area contributed by atoms with Gasteiger partial charge >= 0.3 is 6.18 Å². The lowest BCUT2D eigenvalue weighted by molar-refractivity contribution is -0.137. The van der Waals surface area contributed by atoms with Crippen LogP contribution in [0.2, 0.25) is 0 Å². The first-order valence-electron chi connectivity index (χ1n) is 7.07. The Balaban J connectivity index is 1.95. The zero-order chi connectivity index (χ0) is 16.0. The smallest absolute Gasteiger partial charge is 0.344 e. The highest BCUT2D eigenvalue weighted by Gasteiger charge is 2.30. The molecule has 1 amide bonds. The number of alkyl halides is 3. The minimum Gasteiger partial charge on any atom is -0.344 e. The second-order valence-corrected chi connectivity index (χ2v) is 5.15. The van der Waals surface area contributed by atoms with Crippen molar-refractivity contribution in [3.05, 3.63) is 35.4 Å². The van der Waals surface area contributed by atoms with E-state index in [-0.39, 0.29) is 0 Å². The molecular weight excluding hydrogens is 293 g/mol. The molecular formula is C16H17F3N2O. The molecule has 1 aromatic carbocycles. The Morgan fingerprint density at radius 2 is 2.00 bits per heavy atom. The number of benzene rings is 1. The van der Waals surface area contributed by atoms with Gasteiger partial charge in [-0.05, 0) is 24.6 Å². The van der Waals surface area contributed by atoms with E-state index in [0.29, 0.717) is 18.7 Å². The molecule has 0 saturated carbocycles. The molecule has 0 atom stereocenters. The van der Waals surface area contributed by atoms with Crippen LogP contribution in [0.15, 0.2) is 24.3 Å². The Kier molecular flexibility index (Phi) is 5.45. The molecule has 1 aromatic rings. The Hall–Kier alpha value is -2.00. The molecule has 3 nitrogen and oxygen atoms in total. The van der Waals surface area contributed by atoms with Crippen molar-refractivity contribution >= 4 is 6.41 Å². The predicted octanol–water partition coefficient (Wildman–Crippen LogP) is 2.22. The van der Waals surface area contributed by atoms with Gasteiger partial charge in [-0.25, -0.2) is 0 Å². The lowest BCUT2D eigenvalue weighted by atomic mass is 10.1. The Labute approximate surface area is 127 Å². The Bertz CT molecular complexity index is 575. The van der Waals surface area contributed by atoms with Crippen LogP contribution in [-0.4, -0.2) is 48.9 Å². The minimum atomic E-state index is -4.35. The van der Waals surface area contributed by atoms with Crippen LogP contribution in [0.4, 0.5) is 13.2 Å². The van der Waals surface area contributed by atoms with Crippen molar-refractivity contribution in [2.24, 2.45) is 0 Å². The first kappa shape index (κ1) is 16.4. The van der Waals surface area contributed by atoms with Gasteiger partial charge in [0.15, 0.2) is 0 Å². The third kappa shape index (κ3) is 4.78. The van der Waals surface area contributed by atoms with Crippen molar-refractivity contribution in [2.75, 3.05) is 32.7 Å². The molecule has 2 rings (SSSR count). The summed E-state index contributed by atoms with van der Waals surface area (Å²) in [5.74, 6) is 5.69. The number of amides is 1. The SMILES string of the molecule is O=CN1CCCN(CC#Cc2cccc(C(F)(F)F)c2)CC1. The number of hydrogen-bond acceptors (Lipinski definition) is 2. The topological polar surface area (TPSA) is 23.6 Å². The maximum Gasteiger partial charge on any atom is 0.416 e. The van der Waals surface area contributed by atoms with Gasteiger partial charge in [-0.2, -0.15) is 13.2 Å². The van der Waals surface area contributed by atoms with Crippen LogP contribution < -0.4 is 0 Å². The molecule has 0 unspecified atom stereocenters. The summed E-state index contributed by atoms with van der Waals surface area (Å²) < 4.78 is 37.8. The van der Waals surface area contributed by atoms with E-state index in [2.05, 4.69) is 16.7 Å². The van der Waals surface area contributed by atoms with E-state index >= 15 is 0 Å². The highest BCUT2D eigenvalue weighted by atomic mass is 19.4. The van der Waals surface area contributed by atoms with Gasteiger partial charge in [0, 0.05) is 31.7 Å². The van der Waals surface area contributed by atoms with Crippen molar-refractivity contribution in [1.29, 1.82) is 0 Å². The molecule has 0 bridgehead atoms. The van der Waals surface area contributed by atoms with E-state index in [1.807, 2.05) is 0 Å². The first-order chi connectivity index (χ1) is 10.5. The van der Waals surface area contributed by atoms with Crippen LogP contribution in [0.1, 0.15) is 17.5 Å². The van der Waals surface area contributed by atoms with Crippen molar-refractivity contribution < 1.29 is 18.0 Å². The number of halogens is 3. The van der Waals surface area contributed by atoms with Gasteiger partial charge in [0.25, 0.3) is 0 Å². The normalized spacial score (nSPS) is 16.6. The number of hydrogen-bond donors (Lipinski definition) is 0. The van der Waals surface area contributed by atoms with Gasteiger partial charge in [-0.3, -0.25) is 9.69 Å². The molecule has 1 aliphatic rings. The van der Waals surface area contributed by atoms with Gasteiger partial charge in [0.05, 0.1) is 12.1 Å². The quantitative estimate of drug-likeness (QED) is 0.618. The summed E-state index contributed by atoms with van der Waals surface area (Å²) in [7, 11) is 0. The maximum atomic E-state index is 12.6. The van der Waals surface area contributed by atoms with Crippen LogP contribution in [0.5, 0.6) is 0 Å². The number of nitrogens with zero attached hydrogens (tertiary/aromatic N) is 2. The molecule has 118 valence electrons. The van der Waals surface area contributed by atoms with Crippen LogP contribution >= 0.6 is 0 Å². The summed E-state index contributed by atoms with van der Waals surface area (Å²) in [5.41, 5.74) is -0.324. The predicted molar refractivity (Wildman–Crippen MR) is 77.0 cm³/mol. The molecule has 1 heterocycles. The maximum absolute atomic E-state index is 12.6. The van der Waals surface area contributed by atoms with E-state index < -0.39 is 11.7 Å². The third-order valence-electron chi connectivity index (χ3n) is 3.50.